The first kappa shape index (κ1) is 15.5. The van der Waals surface area contributed by atoms with Crippen molar-refractivity contribution in [3.8, 4) is 0 Å². The highest BCUT2D eigenvalue weighted by atomic mass is 35.5. The molecule has 0 bridgehead atoms. The van der Waals surface area contributed by atoms with E-state index in [1.54, 1.807) is 0 Å². The molecule has 0 atom stereocenters. The van der Waals surface area contributed by atoms with Gasteiger partial charge in [-0.1, -0.05) is 32.4 Å². The van der Waals surface area contributed by atoms with Crippen molar-refractivity contribution in [1.82, 2.24) is 15.1 Å². The maximum absolute atomic E-state index is 6.36. The van der Waals surface area contributed by atoms with E-state index in [4.69, 9.17) is 11.6 Å². The molecule has 0 saturated carbocycles. The lowest BCUT2D eigenvalue weighted by atomic mass is 9.84. The standard InChI is InChI=1S/C14H26ClN3/c1-6-16-9-8-14(4,5)10-12-13(15)11(3)17-18(12)7-2/h16H,6-10H2,1-5H3. The van der Waals surface area contributed by atoms with Crippen molar-refractivity contribution in [3.05, 3.63) is 16.4 Å². The van der Waals surface area contributed by atoms with Crippen LogP contribution >= 0.6 is 11.6 Å². The van der Waals surface area contributed by atoms with Crippen molar-refractivity contribution in [2.75, 3.05) is 13.1 Å². The second kappa shape index (κ2) is 6.58. The summed E-state index contributed by atoms with van der Waals surface area (Å²) in [6.07, 6.45) is 2.12. The number of hydrogen-bond acceptors (Lipinski definition) is 2. The Hall–Kier alpha value is -0.540. The normalized spacial score (nSPS) is 12.1. The molecule has 0 saturated heterocycles. The Labute approximate surface area is 116 Å². The summed E-state index contributed by atoms with van der Waals surface area (Å²) in [6.45, 7) is 13.8. The van der Waals surface area contributed by atoms with Gasteiger partial charge in [0.25, 0.3) is 0 Å². The van der Waals surface area contributed by atoms with Crippen LogP contribution in [0.4, 0.5) is 0 Å². The molecule has 0 aliphatic heterocycles. The average Bonchev–Trinajstić information content (AvgIpc) is 2.56. The van der Waals surface area contributed by atoms with Crippen LogP contribution in [0.15, 0.2) is 0 Å². The molecular formula is C14H26ClN3. The molecule has 0 aliphatic carbocycles. The quantitative estimate of drug-likeness (QED) is 0.770. The Morgan fingerprint density at radius 2 is 2.00 bits per heavy atom. The summed E-state index contributed by atoms with van der Waals surface area (Å²) in [4.78, 5) is 0. The van der Waals surface area contributed by atoms with Gasteiger partial charge in [0.15, 0.2) is 0 Å². The summed E-state index contributed by atoms with van der Waals surface area (Å²) < 4.78 is 2.03. The van der Waals surface area contributed by atoms with Gasteiger partial charge in [0, 0.05) is 6.54 Å². The van der Waals surface area contributed by atoms with Gasteiger partial charge in [0.1, 0.15) is 0 Å². The van der Waals surface area contributed by atoms with Gasteiger partial charge >= 0.3 is 0 Å². The molecule has 18 heavy (non-hydrogen) atoms. The fraction of sp³-hybridized carbons (Fsp3) is 0.786. The molecule has 104 valence electrons. The number of hydrogen-bond donors (Lipinski definition) is 1. The summed E-state index contributed by atoms with van der Waals surface area (Å²) in [5.74, 6) is 0. The number of halogens is 1. The predicted octanol–water partition coefficient (Wildman–Crippen LogP) is 3.43. The molecule has 0 spiro atoms. The molecule has 1 heterocycles. The van der Waals surface area contributed by atoms with Gasteiger partial charge < -0.3 is 5.32 Å². The minimum absolute atomic E-state index is 0.241. The fourth-order valence-corrected chi connectivity index (χ4v) is 2.39. The number of nitrogens with zero attached hydrogens (tertiary/aromatic N) is 2. The summed E-state index contributed by atoms with van der Waals surface area (Å²) >= 11 is 6.36. The summed E-state index contributed by atoms with van der Waals surface area (Å²) in [7, 11) is 0. The van der Waals surface area contributed by atoms with Crippen molar-refractivity contribution in [2.24, 2.45) is 5.41 Å². The summed E-state index contributed by atoms with van der Waals surface area (Å²) in [5.41, 5.74) is 2.36. The third kappa shape index (κ3) is 3.99. The lowest BCUT2D eigenvalue weighted by molar-refractivity contribution is 0.317. The van der Waals surface area contributed by atoms with E-state index in [9.17, 15) is 0 Å². The monoisotopic (exact) mass is 271 g/mol. The zero-order valence-corrected chi connectivity index (χ0v) is 13.1. The molecule has 1 aromatic heterocycles. The van der Waals surface area contributed by atoms with Crippen LogP contribution in [0.5, 0.6) is 0 Å². The Kier molecular flexibility index (Phi) is 5.67. The van der Waals surface area contributed by atoms with E-state index in [1.165, 1.54) is 5.69 Å². The molecule has 0 fully saturated rings. The van der Waals surface area contributed by atoms with Crippen molar-refractivity contribution in [2.45, 2.75) is 54.0 Å². The Morgan fingerprint density at radius 1 is 1.33 bits per heavy atom. The first-order valence-electron chi connectivity index (χ1n) is 6.83. The molecule has 1 rings (SSSR count). The first-order chi connectivity index (χ1) is 8.41. The van der Waals surface area contributed by atoms with Crippen molar-refractivity contribution >= 4 is 11.6 Å². The van der Waals surface area contributed by atoms with Crippen molar-refractivity contribution < 1.29 is 0 Å². The Balaban J connectivity index is 2.76. The smallest absolute Gasteiger partial charge is 0.0847 e. The van der Waals surface area contributed by atoms with Crippen molar-refractivity contribution in [1.29, 1.82) is 0 Å². The first-order valence-corrected chi connectivity index (χ1v) is 7.21. The molecule has 0 amide bonds. The summed E-state index contributed by atoms with van der Waals surface area (Å²) in [6, 6.07) is 0. The Bertz CT molecular complexity index is 383. The van der Waals surface area contributed by atoms with Crippen LogP contribution in [0, 0.1) is 12.3 Å². The highest BCUT2D eigenvalue weighted by molar-refractivity contribution is 6.31. The van der Waals surface area contributed by atoms with Gasteiger partial charge in [-0.2, -0.15) is 5.10 Å². The minimum atomic E-state index is 0.241. The fourth-order valence-electron chi connectivity index (χ4n) is 2.18. The molecule has 1 aromatic rings. The van der Waals surface area contributed by atoms with Gasteiger partial charge in [-0.3, -0.25) is 4.68 Å². The van der Waals surface area contributed by atoms with Crippen LogP contribution < -0.4 is 5.32 Å². The molecule has 1 N–H and O–H groups in total. The molecule has 0 radical (unpaired) electrons. The number of aromatic nitrogens is 2. The third-order valence-electron chi connectivity index (χ3n) is 3.33. The SMILES string of the molecule is CCNCCC(C)(C)Cc1c(Cl)c(C)nn1CC. The molecular weight excluding hydrogens is 246 g/mol. The lowest BCUT2D eigenvalue weighted by Crippen LogP contribution is -2.25. The van der Waals surface area contributed by atoms with E-state index in [0.717, 1.165) is 43.2 Å². The maximum Gasteiger partial charge on any atom is 0.0847 e. The van der Waals surface area contributed by atoms with Crippen molar-refractivity contribution in [3.63, 3.8) is 0 Å². The van der Waals surface area contributed by atoms with E-state index in [-0.39, 0.29) is 5.41 Å². The highest BCUT2D eigenvalue weighted by Crippen LogP contribution is 2.30. The zero-order chi connectivity index (χ0) is 13.8. The lowest BCUT2D eigenvalue weighted by Gasteiger charge is -2.25. The van der Waals surface area contributed by atoms with E-state index in [2.05, 4.69) is 38.1 Å². The van der Waals surface area contributed by atoms with Gasteiger partial charge in [-0.15, -0.1) is 0 Å². The van der Waals surface area contributed by atoms with Gasteiger partial charge in [0.05, 0.1) is 16.4 Å². The van der Waals surface area contributed by atoms with Crippen LogP contribution in [-0.4, -0.2) is 22.9 Å². The van der Waals surface area contributed by atoms with E-state index >= 15 is 0 Å². The summed E-state index contributed by atoms with van der Waals surface area (Å²) in [5, 5.41) is 8.70. The van der Waals surface area contributed by atoms with Crippen LogP contribution in [0.1, 0.15) is 45.5 Å². The van der Waals surface area contributed by atoms with Gasteiger partial charge in [-0.25, -0.2) is 0 Å². The topological polar surface area (TPSA) is 29.9 Å². The van der Waals surface area contributed by atoms with Crippen LogP contribution in [0.2, 0.25) is 5.02 Å². The number of aryl methyl sites for hydroxylation is 2. The average molecular weight is 272 g/mol. The van der Waals surface area contributed by atoms with Crippen LogP contribution in [-0.2, 0) is 13.0 Å². The molecule has 4 heteroatoms. The van der Waals surface area contributed by atoms with E-state index < -0.39 is 0 Å². The number of nitrogens with one attached hydrogen (secondary N) is 1. The zero-order valence-electron chi connectivity index (χ0n) is 12.3. The minimum Gasteiger partial charge on any atom is -0.317 e. The molecule has 0 unspecified atom stereocenters. The second-order valence-corrected chi connectivity index (χ2v) is 5.98. The molecule has 0 aliphatic rings. The number of rotatable bonds is 7. The van der Waals surface area contributed by atoms with Crippen LogP contribution in [0.25, 0.3) is 0 Å². The van der Waals surface area contributed by atoms with Crippen LogP contribution in [0.3, 0.4) is 0 Å². The van der Waals surface area contributed by atoms with Gasteiger partial charge in [-0.05, 0) is 45.2 Å². The largest absolute Gasteiger partial charge is 0.317 e. The van der Waals surface area contributed by atoms with E-state index in [0.29, 0.717) is 0 Å². The molecule has 0 aromatic carbocycles. The third-order valence-corrected chi connectivity index (χ3v) is 3.82. The highest BCUT2D eigenvalue weighted by Gasteiger charge is 2.23. The van der Waals surface area contributed by atoms with E-state index in [1.807, 2.05) is 11.6 Å². The maximum atomic E-state index is 6.36. The van der Waals surface area contributed by atoms with Gasteiger partial charge in [0.2, 0.25) is 0 Å². The molecule has 3 nitrogen and oxygen atoms in total. The predicted molar refractivity (Wildman–Crippen MR) is 78.3 cm³/mol. The Morgan fingerprint density at radius 3 is 2.56 bits per heavy atom. The second-order valence-electron chi connectivity index (χ2n) is 5.61.